The Hall–Kier alpha value is -2.36. The first-order chi connectivity index (χ1) is 13.2. The zero-order valence-electron chi connectivity index (χ0n) is 15.5. The molecule has 4 rings (SSSR count). The monoisotopic (exact) mass is 367 g/mol. The van der Waals surface area contributed by atoms with E-state index in [9.17, 15) is 9.18 Å². The zero-order valence-corrected chi connectivity index (χ0v) is 15.5. The number of nitrogens with one attached hydrogen (secondary N) is 1. The molecule has 2 aromatic carbocycles. The molecule has 1 atom stereocenters. The lowest BCUT2D eigenvalue weighted by molar-refractivity contribution is -0.128. The van der Waals surface area contributed by atoms with Gasteiger partial charge in [0.25, 0.3) is 0 Å². The molecule has 1 heterocycles. The lowest BCUT2D eigenvalue weighted by atomic mass is 9.68. The lowest BCUT2D eigenvalue weighted by Gasteiger charge is -2.37. The van der Waals surface area contributed by atoms with Crippen molar-refractivity contribution in [3.05, 3.63) is 65.5 Å². The van der Waals surface area contributed by atoms with Gasteiger partial charge in [-0.05, 0) is 48.6 Å². The molecule has 1 aliphatic carbocycles. The molecule has 0 bridgehead atoms. The van der Waals surface area contributed by atoms with E-state index in [0.717, 1.165) is 49.8 Å². The standard InChI is InChI=1S/C23H26FNO2/c24-20-10-8-19(9-11-20)23(12-4-1-5-13-23)22(26)25-15-17-14-18-6-2-3-7-21(18)27-16-17/h2-3,6-11,17H,1,4-5,12-16H2,(H,25,26). The summed E-state index contributed by atoms with van der Waals surface area (Å²) in [6.07, 6.45) is 5.79. The van der Waals surface area contributed by atoms with E-state index >= 15 is 0 Å². The fraction of sp³-hybridized carbons (Fsp3) is 0.435. The zero-order chi connectivity index (χ0) is 18.7. The van der Waals surface area contributed by atoms with Gasteiger partial charge in [0.1, 0.15) is 11.6 Å². The molecule has 0 aromatic heterocycles. The van der Waals surface area contributed by atoms with Crippen LogP contribution >= 0.6 is 0 Å². The van der Waals surface area contributed by atoms with Crippen molar-refractivity contribution in [1.29, 1.82) is 0 Å². The molecule has 0 spiro atoms. The topological polar surface area (TPSA) is 38.3 Å². The average molecular weight is 367 g/mol. The predicted molar refractivity (Wildman–Crippen MR) is 103 cm³/mol. The minimum atomic E-state index is -0.528. The summed E-state index contributed by atoms with van der Waals surface area (Å²) in [5.74, 6) is 1.05. The molecule has 0 saturated heterocycles. The largest absolute Gasteiger partial charge is 0.493 e. The summed E-state index contributed by atoms with van der Waals surface area (Å²) in [6, 6.07) is 14.6. The summed E-state index contributed by atoms with van der Waals surface area (Å²) in [4.78, 5) is 13.2. The predicted octanol–water partition coefficient (Wildman–Crippen LogP) is 4.40. The third-order valence-corrected chi connectivity index (χ3v) is 6.05. The van der Waals surface area contributed by atoms with E-state index in [0.29, 0.717) is 13.2 Å². The van der Waals surface area contributed by atoms with Crippen molar-refractivity contribution in [3.63, 3.8) is 0 Å². The van der Waals surface area contributed by atoms with Gasteiger partial charge < -0.3 is 10.1 Å². The van der Waals surface area contributed by atoms with Crippen LogP contribution in [0.1, 0.15) is 43.2 Å². The quantitative estimate of drug-likeness (QED) is 0.870. The highest BCUT2D eigenvalue weighted by atomic mass is 19.1. The van der Waals surface area contributed by atoms with Gasteiger partial charge in [0.05, 0.1) is 12.0 Å². The Balaban J connectivity index is 1.46. The van der Waals surface area contributed by atoms with Crippen molar-refractivity contribution in [2.45, 2.75) is 43.9 Å². The van der Waals surface area contributed by atoms with Gasteiger partial charge in [-0.15, -0.1) is 0 Å². The Kier molecular flexibility index (Phi) is 5.15. The normalized spacial score (nSPS) is 21.0. The summed E-state index contributed by atoms with van der Waals surface area (Å²) in [7, 11) is 0. The number of carbonyl (C=O) groups is 1. The number of carbonyl (C=O) groups excluding carboxylic acids is 1. The van der Waals surface area contributed by atoms with Gasteiger partial charge in [-0.1, -0.05) is 49.6 Å². The molecule has 1 unspecified atom stereocenters. The third-order valence-electron chi connectivity index (χ3n) is 6.05. The second-order valence-corrected chi connectivity index (χ2v) is 7.85. The van der Waals surface area contributed by atoms with Crippen LogP contribution in [0.2, 0.25) is 0 Å². The van der Waals surface area contributed by atoms with Crippen LogP contribution in [0.15, 0.2) is 48.5 Å². The van der Waals surface area contributed by atoms with E-state index in [4.69, 9.17) is 4.74 Å². The van der Waals surface area contributed by atoms with Crippen molar-refractivity contribution in [2.75, 3.05) is 13.2 Å². The first kappa shape index (κ1) is 18.0. The van der Waals surface area contributed by atoms with Gasteiger partial charge >= 0.3 is 0 Å². The molecule has 3 nitrogen and oxygen atoms in total. The van der Waals surface area contributed by atoms with Crippen LogP contribution < -0.4 is 10.1 Å². The van der Waals surface area contributed by atoms with Crippen molar-refractivity contribution < 1.29 is 13.9 Å². The van der Waals surface area contributed by atoms with Gasteiger partial charge in [0.15, 0.2) is 0 Å². The second-order valence-electron chi connectivity index (χ2n) is 7.85. The van der Waals surface area contributed by atoms with Crippen molar-refractivity contribution in [2.24, 2.45) is 5.92 Å². The molecule has 4 heteroatoms. The summed E-state index contributed by atoms with van der Waals surface area (Å²) in [5.41, 5.74) is 1.61. The second kappa shape index (κ2) is 7.71. The Morgan fingerprint density at radius 1 is 1.07 bits per heavy atom. The maximum Gasteiger partial charge on any atom is 0.230 e. The number of benzene rings is 2. The van der Waals surface area contributed by atoms with Crippen LogP contribution in [0.4, 0.5) is 4.39 Å². The molecule has 1 saturated carbocycles. The van der Waals surface area contributed by atoms with Crippen LogP contribution in [-0.4, -0.2) is 19.1 Å². The molecule has 0 radical (unpaired) electrons. The van der Waals surface area contributed by atoms with E-state index < -0.39 is 5.41 Å². The van der Waals surface area contributed by atoms with Crippen LogP contribution in [0.3, 0.4) is 0 Å². The number of amides is 1. The summed E-state index contributed by atoms with van der Waals surface area (Å²) < 4.78 is 19.2. The van der Waals surface area contributed by atoms with Crippen LogP contribution in [0.5, 0.6) is 5.75 Å². The van der Waals surface area contributed by atoms with Crippen molar-refractivity contribution in [1.82, 2.24) is 5.32 Å². The Labute approximate surface area is 159 Å². The van der Waals surface area contributed by atoms with Gasteiger partial charge in [-0.3, -0.25) is 4.79 Å². The van der Waals surface area contributed by atoms with E-state index in [-0.39, 0.29) is 17.6 Å². The highest BCUT2D eigenvalue weighted by Gasteiger charge is 2.41. The van der Waals surface area contributed by atoms with Crippen LogP contribution in [0.25, 0.3) is 0 Å². The molecular formula is C23H26FNO2. The Morgan fingerprint density at radius 3 is 2.59 bits per heavy atom. The maximum absolute atomic E-state index is 13.4. The molecule has 1 fully saturated rings. The maximum atomic E-state index is 13.4. The SMILES string of the molecule is O=C(NCC1COc2ccccc2C1)C1(c2ccc(F)cc2)CCCCC1. The van der Waals surface area contributed by atoms with Gasteiger partial charge in [0.2, 0.25) is 5.91 Å². The molecule has 2 aromatic rings. The molecule has 1 aliphatic heterocycles. The highest BCUT2D eigenvalue weighted by Crippen LogP contribution is 2.40. The first-order valence-electron chi connectivity index (χ1n) is 9.92. The molecular weight excluding hydrogens is 341 g/mol. The van der Waals surface area contributed by atoms with Gasteiger partial charge in [-0.25, -0.2) is 4.39 Å². The summed E-state index contributed by atoms with van der Waals surface area (Å²) >= 11 is 0. The fourth-order valence-electron chi connectivity index (χ4n) is 4.50. The van der Waals surface area contributed by atoms with E-state index in [1.54, 1.807) is 12.1 Å². The van der Waals surface area contributed by atoms with Gasteiger partial charge in [-0.2, -0.15) is 0 Å². The number of ether oxygens (including phenoxy) is 1. The molecule has 27 heavy (non-hydrogen) atoms. The number of halogens is 1. The van der Waals surface area contributed by atoms with E-state index in [2.05, 4.69) is 11.4 Å². The molecule has 2 aliphatic rings. The minimum absolute atomic E-state index is 0.0765. The number of rotatable bonds is 4. The molecule has 1 amide bonds. The Bertz CT molecular complexity index is 796. The summed E-state index contributed by atoms with van der Waals surface area (Å²) in [6.45, 7) is 1.23. The lowest BCUT2D eigenvalue weighted by Crippen LogP contribution is -2.48. The highest BCUT2D eigenvalue weighted by molar-refractivity contribution is 5.88. The average Bonchev–Trinajstić information content (AvgIpc) is 2.73. The summed E-state index contributed by atoms with van der Waals surface area (Å²) in [5, 5.41) is 3.19. The smallest absolute Gasteiger partial charge is 0.230 e. The number of hydrogen-bond donors (Lipinski definition) is 1. The van der Waals surface area contributed by atoms with E-state index in [1.807, 2.05) is 18.2 Å². The van der Waals surface area contributed by atoms with Crippen molar-refractivity contribution >= 4 is 5.91 Å². The van der Waals surface area contributed by atoms with E-state index in [1.165, 1.54) is 17.7 Å². The van der Waals surface area contributed by atoms with Gasteiger partial charge in [0, 0.05) is 12.5 Å². The molecule has 142 valence electrons. The van der Waals surface area contributed by atoms with Crippen LogP contribution in [0, 0.1) is 11.7 Å². The third kappa shape index (κ3) is 3.71. The number of fused-ring (bicyclic) bond motifs is 1. The minimum Gasteiger partial charge on any atom is -0.493 e. The van der Waals surface area contributed by atoms with Crippen LogP contribution in [-0.2, 0) is 16.6 Å². The molecule has 1 N–H and O–H groups in total. The number of hydrogen-bond acceptors (Lipinski definition) is 2. The fourth-order valence-corrected chi connectivity index (χ4v) is 4.50. The number of para-hydroxylation sites is 1. The van der Waals surface area contributed by atoms with Crippen molar-refractivity contribution in [3.8, 4) is 5.75 Å². The first-order valence-corrected chi connectivity index (χ1v) is 9.92. The Morgan fingerprint density at radius 2 is 1.81 bits per heavy atom.